The summed E-state index contributed by atoms with van der Waals surface area (Å²) in [5.41, 5.74) is -3.42. The molecule has 38 heavy (non-hydrogen) atoms. The second kappa shape index (κ2) is 7.70. The van der Waals surface area contributed by atoms with E-state index in [4.69, 9.17) is 14.2 Å². The molecule has 0 aromatic carbocycles. The molecule has 5 aliphatic rings. The lowest BCUT2D eigenvalue weighted by Gasteiger charge is -2.52. The number of Topliss-reactive ketones (excluding diaryl/α,β-unsaturated/α-hetero) is 1. The highest BCUT2D eigenvalue weighted by atomic mass is 19.4. The van der Waals surface area contributed by atoms with Gasteiger partial charge in [0.05, 0.1) is 12.0 Å². The second-order valence-corrected chi connectivity index (χ2v) is 12.8. The lowest BCUT2D eigenvalue weighted by atomic mass is 9.59. The molecule has 6 nitrogen and oxygen atoms in total. The van der Waals surface area contributed by atoms with Crippen molar-refractivity contribution >= 4 is 5.78 Å². The number of alkyl halides is 3. The van der Waals surface area contributed by atoms with Gasteiger partial charge in [-0.15, -0.1) is 0 Å². The average molecular weight is 534 g/mol. The van der Waals surface area contributed by atoms with E-state index in [1.165, 1.54) is 12.3 Å². The fraction of sp³-hybridized carbons (Fsp3) is 0.655. The van der Waals surface area contributed by atoms with Crippen LogP contribution in [-0.2, 0) is 20.4 Å². The highest BCUT2D eigenvalue weighted by molar-refractivity contribution is 5.95. The van der Waals surface area contributed by atoms with E-state index < -0.39 is 52.5 Å². The Morgan fingerprint density at radius 2 is 1.92 bits per heavy atom. The Hall–Kier alpha value is -2.23. The highest BCUT2D eigenvalue weighted by Crippen LogP contribution is 2.72. The van der Waals surface area contributed by atoms with E-state index in [2.05, 4.69) is 18.8 Å². The molecule has 206 valence electrons. The average Bonchev–Trinajstić information content (AvgIpc) is 3.31. The molecule has 1 aromatic heterocycles. The van der Waals surface area contributed by atoms with Crippen LogP contribution in [0.25, 0.3) is 0 Å². The van der Waals surface area contributed by atoms with Gasteiger partial charge in [0.1, 0.15) is 11.7 Å². The first-order valence-electron chi connectivity index (χ1n) is 13.2. The minimum atomic E-state index is -4.71. The van der Waals surface area contributed by atoms with Crippen molar-refractivity contribution in [1.29, 1.82) is 0 Å². The predicted molar refractivity (Wildman–Crippen MR) is 131 cm³/mol. The molecule has 8 atom stereocenters. The smallest absolute Gasteiger partial charge is 0.421 e. The molecule has 2 saturated carbocycles. The number of halogens is 3. The van der Waals surface area contributed by atoms with Gasteiger partial charge in [-0.2, -0.15) is 13.2 Å². The van der Waals surface area contributed by atoms with Gasteiger partial charge in [0, 0.05) is 12.1 Å². The standard InChI is InChI=1S/C29H34F3NO5/c1-14-12-27-15(2)10-19-20(25(19,3)4)17(21(27)34)11-16-13-36-26(5,6)38-23(16)28(27,35)22(14)37-24-18(29(30,31)32)8-7-9-33-24/h7-9,11-12,15,17,19-20,22-23,35H,10,13H2,1-6H3/t15-,17+,19-,20+,22+,23-,27+,28-/m1/s1. The number of ketones is 1. The molecule has 1 aliphatic heterocycles. The first kappa shape index (κ1) is 26.0. The normalized spacial score (nSPS) is 42.5. The summed E-state index contributed by atoms with van der Waals surface area (Å²) in [6.07, 6.45) is -1.45. The van der Waals surface area contributed by atoms with Crippen molar-refractivity contribution in [2.45, 2.75) is 77.7 Å². The summed E-state index contributed by atoms with van der Waals surface area (Å²) in [7, 11) is 0. The molecular formula is C29H34F3NO5. The Bertz CT molecular complexity index is 1270. The molecule has 0 unspecified atom stereocenters. The van der Waals surface area contributed by atoms with Gasteiger partial charge >= 0.3 is 6.18 Å². The molecule has 1 saturated heterocycles. The number of rotatable bonds is 2. The third kappa shape index (κ3) is 3.24. The zero-order valence-corrected chi connectivity index (χ0v) is 22.4. The van der Waals surface area contributed by atoms with Crippen molar-refractivity contribution in [3.05, 3.63) is 47.2 Å². The molecule has 4 aliphatic carbocycles. The Kier molecular flexibility index (Phi) is 5.27. The summed E-state index contributed by atoms with van der Waals surface area (Å²) >= 11 is 0. The summed E-state index contributed by atoms with van der Waals surface area (Å²) in [6.45, 7) is 11.6. The Balaban J connectivity index is 1.55. The number of fused-ring (bicyclic) bond motifs is 5. The van der Waals surface area contributed by atoms with Crippen LogP contribution in [0.5, 0.6) is 5.88 Å². The number of allylic oxidation sites excluding steroid dienone is 1. The number of nitrogens with zero attached hydrogens (tertiary/aromatic N) is 1. The van der Waals surface area contributed by atoms with Crippen LogP contribution in [0.2, 0.25) is 0 Å². The van der Waals surface area contributed by atoms with Crippen LogP contribution in [0, 0.1) is 34.5 Å². The topological polar surface area (TPSA) is 77.9 Å². The maximum Gasteiger partial charge on any atom is 0.421 e. The van der Waals surface area contributed by atoms with Crippen LogP contribution >= 0.6 is 0 Å². The monoisotopic (exact) mass is 533 g/mol. The van der Waals surface area contributed by atoms with Gasteiger partial charge in [0.25, 0.3) is 0 Å². The summed E-state index contributed by atoms with van der Waals surface area (Å²) in [5.74, 6) is -2.26. The number of hydrogen-bond donors (Lipinski definition) is 1. The van der Waals surface area contributed by atoms with Crippen molar-refractivity contribution in [3.63, 3.8) is 0 Å². The van der Waals surface area contributed by atoms with Gasteiger partial charge in [-0.05, 0) is 73.6 Å². The van der Waals surface area contributed by atoms with Gasteiger partial charge in [-0.1, -0.05) is 32.9 Å². The van der Waals surface area contributed by atoms with E-state index in [0.29, 0.717) is 17.6 Å². The fourth-order valence-electron chi connectivity index (χ4n) is 8.11. The third-order valence-corrected chi connectivity index (χ3v) is 9.98. The highest BCUT2D eigenvalue weighted by Gasteiger charge is 2.77. The van der Waals surface area contributed by atoms with Gasteiger partial charge in [0.2, 0.25) is 5.88 Å². The second-order valence-electron chi connectivity index (χ2n) is 12.8. The third-order valence-electron chi connectivity index (χ3n) is 9.98. The number of carbonyl (C=O) groups excluding carboxylic acids is 1. The summed E-state index contributed by atoms with van der Waals surface area (Å²) < 4.78 is 60.0. The van der Waals surface area contributed by atoms with E-state index in [1.54, 1.807) is 26.8 Å². The maximum absolute atomic E-state index is 14.7. The van der Waals surface area contributed by atoms with Gasteiger partial charge < -0.3 is 19.3 Å². The van der Waals surface area contributed by atoms with E-state index in [9.17, 15) is 23.1 Å². The lowest BCUT2D eigenvalue weighted by Crippen LogP contribution is -2.68. The van der Waals surface area contributed by atoms with Crippen LogP contribution in [0.3, 0.4) is 0 Å². The van der Waals surface area contributed by atoms with E-state index in [1.807, 2.05) is 13.0 Å². The number of pyridine rings is 1. The van der Waals surface area contributed by atoms with Crippen molar-refractivity contribution in [3.8, 4) is 5.88 Å². The quantitative estimate of drug-likeness (QED) is 0.533. The van der Waals surface area contributed by atoms with Crippen molar-refractivity contribution in [2.24, 2.45) is 34.5 Å². The summed E-state index contributed by atoms with van der Waals surface area (Å²) in [4.78, 5) is 18.6. The van der Waals surface area contributed by atoms with Crippen molar-refractivity contribution in [2.75, 3.05) is 6.61 Å². The van der Waals surface area contributed by atoms with E-state index in [-0.39, 0.29) is 35.6 Å². The van der Waals surface area contributed by atoms with Crippen molar-refractivity contribution in [1.82, 2.24) is 4.98 Å². The number of hydrogen-bond acceptors (Lipinski definition) is 6. The number of ether oxygens (including phenoxy) is 3. The maximum atomic E-state index is 14.7. The lowest BCUT2D eigenvalue weighted by molar-refractivity contribution is -0.301. The van der Waals surface area contributed by atoms with E-state index in [0.717, 1.165) is 6.07 Å². The number of aliphatic hydroxyl groups is 1. The van der Waals surface area contributed by atoms with Gasteiger partial charge in [-0.25, -0.2) is 4.98 Å². The van der Waals surface area contributed by atoms with E-state index >= 15 is 0 Å². The van der Waals surface area contributed by atoms with Crippen LogP contribution in [0.4, 0.5) is 13.2 Å². The predicted octanol–water partition coefficient (Wildman–Crippen LogP) is 5.11. The van der Waals surface area contributed by atoms with Gasteiger partial charge in [0.15, 0.2) is 23.3 Å². The fourth-order valence-corrected chi connectivity index (χ4v) is 8.11. The molecule has 6 rings (SSSR count). The minimum absolute atomic E-state index is 0.0380. The molecule has 3 fully saturated rings. The molecule has 9 heteroatoms. The molecule has 1 spiro atoms. The minimum Gasteiger partial charge on any atom is -0.466 e. The molecular weight excluding hydrogens is 499 g/mol. The van der Waals surface area contributed by atoms with Gasteiger partial charge in [-0.3, -0.25) is 4.79 Å². The van der Waals surface area contributed by atoms with Crippen LogP contribution in [-0.4, -0.2) is 46.1 Å². The van der Waals surface area contributed by atoms with Crippen LogP contribution in [0.15, 0.2) is 41.6 Å². The number of carbonyl (C=O) groups is 1. The largest absolute Gasteiger partial charge is 0.466 e. The first-order chi connectivity index (χ1) is 17.6. The molecule has 1 aromatic rings. The number of aromatic nitrogens is 1. The molecule has 2 bridgehead atoms. The Morgan fingerprint density at radius 1 is 1.21 bits per heavy atom. The summed E-state index contributed by atoms with van der Waals surface area (Å²) in [5, 5.41) is 13.0. The molecule has 0 radical (unpaired) electrons. The molecule has 2 heterocycles. The SMILES string of the molecule is CC1=C[C@]23C(=O)[C@@H](C=C4COC(C)(C)O[C@H]4[C@]2(O)[C@H]1Oc1ncccc1C(F)(F)F)[C@H]1[C@@H](C[C@H]3C)C1(C)C. The Morgan fingerprint density at radius 3 is 2.61 bits per heavy atom. The van der Waals surface area contributed by atoms with Crippen LogP contribution < -0.4 is 4.74 Å². The molecule has 0 amide bonds. The summed E-state index contributed by atoms with van der Waals surface area (Å²) in [6, 6.07) is 2.09. The molecule has 1 N–H and O–H groups in total. The zero-order valence-electron chi connectivity index (χ0n) is 22.4. The zero-order chi connectivity index (χ0) is 27.6. The Labute approximate surface area is 220 Å². The van der Waals surface area contributed by atoms with Crippen LogP contribution in [0.1, 0.15) is 53.5 Å². The first-order valence-corrected chi connectivity index (χ1v) is 13.2. The van der Waals surface area contributed by atoms with Crippen molar-refractivity contribution < 1.29 is 37.3 Å².